The second kappa shape index (κ2) is 14.3. The summed E-state index contributed by atoms with van der Waals surface area (Å²) in [6.07, 6.45) is 0.226. The van der Waals surface area contributed by atoms with Crippen molar-refractivity contribution in [2.24, 2.45) is 0 Å². The first kappa shape index (κ1) is 33.3. The van der Waals surface area contributed by atoms with E-state index in [2.05, 4.69) is 64.4 Å². The maximum atomic E-state index is 12.5. The summed E-state index contributed by atoms with van der Waals surface area (Å²) in [5.41, 5.74) is 7.73. The smallest absolute Gasteiger partial charge is 0.272 e. The molecule has 7 nitrogen and oxygen atoms in total. The van der Waals surface area contributed by atoms with Gasteiger partial charge in [0.2, 0.25) is 0 Å². The predicted octanol–water partition coefficient (Wildman–Crippen LogP) is 10.5. The van der Waals surface area contributed by atoms with Crippen molar-refractivity contribution in [2.45, 2.75) is 21.5 Å². The van der Waals surface area contributed by atoms with E-state index in [4.69, 9.17) is 9.47 Å². The third-order valence-electron chi connectivity index (χ3n) is 8.89. The summed E-state index contributed by atoms with van der Waals surface area (Å²) in [5.74, 6) is 1.58. The second-order valence-electron chi connectivity index (χ2n) is 11.9. The van der Waals surface area contributed by atoms with Crippen LogP contribution in [0.5, 0.6) is 11.5 Å². The minimum absolute atomic E-state index is 0.226. The van der Waals surface area contributed by atoms with E-state index >= 15 is 0 Å². The Morgan fingerprint density at radius 1 is 0.640 bits per heavy atom. The number of hydrogen-bond acceptors (Lipinski definition) is 7. The molecule has 1 atom stereocenters. The highest BCUT2D eigenvalue weighted by atomic mass is 32.2. The Bertz CT molecular complexity index is 2140. The van der Waals surface area contributed by atoms with Crippen molar-refractivity contribution < 1.29 is 22.4 Å². The van der Waals surface area contributed by atoms with Crippen molar-refractivity contribution in [2.75, 3.05) is 30.6 Å². The molecule has 0 spiro atoms. The normalized spacial score (nSPS) is 12.8. The molecule has 0 saturated heterocycles. The summed E-state index contributed by atoms with van der Waals surface area (Å²) in [4.78, 5) is 6.52. The molecule has 1 aliphatic heterocycles. The molecule has 0 amide bonds. The van der Waals surface area contributed by atoms with E-state index in [0.29, 0.717) is 12.1 Å². The monoisotopic (exact) mass is 700 g/mol. The molecule has 6 aromatic rings. The highest BCUT2D eigenvalue weighted by Gasteiger charge is 2.29. The van der Waals surface area contributed by atoms with E-state index < -0.39 is 15.4 Å². The quantitative estimate of drug-likeness (QED) is 0.134. The number of anilines is 5. The molecule has 0 aliphatic carbocycles. The summed E-state index contributed by atoms with van der Waals surface area (Å²) in [7, 11) is -0.990. The Kier molecular flexibility index (Phi) is 9.54. The summed E-state index contributed by atoms with van der Waals surface area (Å²) < 4.78 is 46.0. The molecule has 0 fully saturated rings. The minimum Gasteiger partial charge on any atom is -0.497 e. The zero-order valence-corrected chi connectivity index (χ0v) is 29.3. The SMILES string of the molecule is COc1ccc(N(c2ccc(OC)cc2)c2ccc(-c3ccc4c(c3)Sc3ccccc3N4CCC(c3ccccc3)S(=O)(=O)O)cc2)cc1. The Hall–Kier alpha value is -5.22. The summed E-state index contributed by atoms with van der Waals surface area (Å²) in [6, 6.07) is 48.0. The zero-order valence-electron chi connectivity index (χ0n) is 27.6. The highest BCUT2D eigenvalue weighted by Crippen LogP contribution is 2.49. The van der Waals surface area contributed by atoms with Crippen LogP contribution in [0, 0.1) is 0 Å². The topological polar surface area (TPSA) is 79.3 Å². The van der Waals surface area contributed by atoms with Gasteiger partial charge in [-0.25, -0.2) is 0 Å². The first-order valence-corrected chi connectivity index (χ1v) is 18.5. The lowest BCUT2D eigenvalue weighted by Gasteiger charge is -2.34. The van der Waals surface area contributed by atoms with Crippen LogP contribution in [0.25, 0.3) is 11.1 Å². The predicted molar refractivity (Wildman–Crippen MR) is 203 cm³/mol. The fourth-order valence-corrected chi connectivity index (χ4v) is 8.41. The molecule has 0 aromatic heterocycles. The van der Waals surface area contributed by atoms with E-state index in [1.165, 1.54) is 0 Å². The molecule has 1 aliphatic rings. The fraction of sp³-hybridized carbons (Fsp3) is 0.122. The Balaban J connectivity index is 1.19. The number of methoxy groups -OCH3 is 2. The molecular formula is C41H36N2O5S2. The third-order valence-corrected chi connectivity index (χ3v) is 11.2. The largest absolute Gasteiger partial charge is 0.497 e. The molecule has 1 heterocycles. The molecule has 0 saturated carbocycles. The van der Waals surface area contributed by atoms with Crippen molar-refractivity contribution in [3.63, 3.8) is 0 Å². The highest BCUT2D eigenvalue weighted by molar-refractivity contribution is 7.99. The lowest BCUT2D eigenvalue weighted by atomic mass is 10.0. The minimum atomic E-state index is -4.31. The first-order valence-electron chi connectivity index (χ1n) is 16.2. The molecule has 0 radical (unpaired) electrons. The Morgan fingerprint density at radius 2 is 1.16 bits per heavy atom. The molecule has 6 aromatic carbocycles. The molecule has 1 unspecified atom stereocenters. The number of nitrogens with zero attached hydrogens (tertiary/aromatic N) is 2. The van der Waals surface area contributed by atoms with E-state index in [9.17, 15) is 13.0 Å². The van der Waals surface area contributed by atoms with Gasteiger partial charge in [-0.15, -0.1) is 0 Å². The van der Waals surface area contributed by atoms with Crippen LogP contribution < -0.4 is 19.3 Å². The Labute approximate surface area is 297 Å². The van der Waals surface area contributed by atoms with Gasteiger partial charge < -0.3 is 19.3 Å². The van der Waals surface area contributed by atoms with Crippen LogP contribution in [-0.2, 0) is 10.1 Å². The van der Waals surface area contributed by atoms with E-state index in [0.717, 1.165) is 60.9 Å². The van der Waals surface area contributed by atoms with Gasteiger partial charge in [-0.2, -0.15) is 8.42 Å². The van der Waals surface area contributed by atoms with Crippen LogP contribution in [0.2, 0.25) is 0 Å². The van der Waals surface area contributed by atoms with Crippen molar-refractivity contribution in [3.8, 4) is 22.6 Å². The third kappa shape index (κ3) is 6.93. The number of ether oxygens (including phenoxy) is 2. The van der Waals surface area contributed by atoms with Gasteiger partial charge in [-0.3, -0.25) is 4.55 Å². The van der Waals surface area contributed by atoms with Crippen LogP contribution in [0.1, 0.15) is 17.2 Å². The second-order valence-corrected chi connectivity index (χ2v) is 14.6. The van der Waals surface area contributed by atoms with E-state index in [1.54, 1.807) is 50.2 Å². The maximum Gasteiger partial charge on any atom is 0.272 e. The summed E-state index contributed by atoms with van der Waals surface area (Å²) in [6.45, 7) is 0.407. The lowest BCUT2D eigenvalue weighted by Crippen LogP contribution is -2.25. The standard InChI is InChI=1S/C41H36N2O5S2/c1-47-35-21-17-33(18-22-35)43(34-19-23-36(48-2)24-20-34)32-15-12-29(13-16-32)31-14-25-38-40(28-31)49-39-11-7-6-10-37(39)42(38)27-26-41(50(44,45)46)30-8-4-3-5-9-30/h3-25,28,41H,26-27H2,1-2H3,(H,44,45,46). The number of benzene rings is 6. The van der Waals surface area contributed by atoms with E-state index in [1.807, 2.05) is 66.7 Å². The van der Waals surface area contributed by atoms with Crippen LogP contribution >= 0.6 is 11.8 Å². The number of hydrogen-bond donors (Lipinski definition) is 1. The molecule has 1 N–H and O–H groups in total. The average molecular weight is 701 g/mol. The molecule has 7 rings (SSSR count). The zero-order chi connectivity index (χ0) is 34.7. The number of para-hydroxylation sites is 1. The summed E-state index contributed by atoms with van der Waals surface area (Å²) >= 11 is 1.70. The molecule has 0 bridgehead atoms. The van der Waals surface area contributed by atoms with Gasteiger partial charge in [0.25, 0.3) is 10.1 Å². The van der Waals surface area contributed by atoms with Crippen LogP contribution in [-0.4, -0.2) is 33.7 Å². The van der Waals surface area contributed by atoms with Crippen molar-refractivity contribution in [1.82, 2.24) is 0 Å². The first-order chi connectivity index (χ1) is 24.3. The fourth-order valence-electron chi connectivity index (χ4n) is 6.37. The average Bonchev–Trinajstić information content (AvgIpc) is 3.15. The van der Waals surface area contributed by atoms with Crippen LogP contribution in [0.3, 0.4) is 0 Å². The lowest BCUT2D eigenvalue weighted by molar-refractivity contribution is 0.415. The molecule has 50 heavy (non-hydrogen) atoms. The molecule has 252 valence electrons. The summed E-state index contributed by atoms with van der Waals surface area (Å²) in [5, 5.41) is -1.03. The van der Waals surface area contributed by atoms with Gasteiger partial charge in [-0.1, -0.05) is 72.4 Å². The van der Waals surface area contributed by atoms with Crippen molar-refractivity contribution >= 4 is 50.3 Å². The molecular weight excluding hydrogens is 665 g/mol. The van der Waals surface area contributed by atoms with Gasteiger partial charge in [0.15, 0.2) is 0 Å². The number of fused-ring (bicyclic) bond motifs is 2. The van der Waals surface area contributed by atoms with Crippen LogP contribution in [0.15, 0.2) is 155 Å². The Morgan fingerprint density at radius 3 is 1.74 bits per heavy atom. The van der Waals surface area contributed by atoms with Gasteiger partial charge in [0.1, 0.15) is 16.7 Å². The van der Waals surface area contributed by atoms with Gasteiger partial charge in [-0.05, 0) is 108 Å². The van der Waals surface area contributed by atoms with Gasteiger partial charge >= 0.3 is 0 Å². The van der Waals surface area contributed by atoms with Crippen molar-refractivity contribution in [1.29, 1.82) is 0 Å². The molecule has 9 heteroatoms. The van der Waals surface area contributed by atoms with Crippen molar-refractivity contribution in [3.05, 3.63) is 151 Å². The van der Waals surface area contributed by atoms with Gasteiger partial charge in [0, 0.05) is 33.4 Å². The van der Waals surface area contributed by atoms with Crippen LogP contribution in [0.4, 0.5) is 28.4 Å². The number of rotatable bonds is 11. The van der Waals surface area contributed by atoms with Gasteiger partial charge in [0.05, 0.1) is 25.6 Å². The van der Waals surface area contributed by atoms with E-state index in [-0.39, 0.29) is 6.42 Å². The maximum absolute atomic E-state index is 12.5.